The second-order valence-electron chi connectivity index (χ2n) is 6.13. The van der Waals surface area contributed by atoms with E-state index in [-0.39, 0.29) is 12.6 Å². The van der Waals surface area contributed by atoms with E-state index in [2.05, 4.69) is 20.7 Å². The average Bonchev–Trinajstić information content (AvgIpc) is 3.22. The minimum atomic E-state index is -0.794. The van der Waals surface area contributed by atoms with E-state index in [0.717, 1.165) is 0 Å². The summed E-state index contributed by atoms with van der Waals surface area (Å²) in [5.74, 6) is 0.585. The van der Waals surface area contributed by atoms with Gasteiger partial charge in [-0.1, -0.05) is 19.3 Å². The van der Waals surface area contributed by atoms with Crippen molar-refractivity contribution in [3.63, 3.8) is 0 Å². The number of amides is 2. The molecule has 1 saturated carbocycles. The van der Waals surface area contributed by atoms with Crippen LogP contribution >= 0.6 is 11.3 Å². The zero-order valence-corrected chi connectivity index (χ0v) is 14.6. The number of anilines is 1. The van der Waals surface area contributed by atoms with Crippen LogP contribution in [-0.2, 0) is 7.05 Å². The van der Waals surface area contributed by atoms with Gasteiger partial charge in [0.2, 0.25) is 0 Å². The monoisotopic (exact) mass is 349 g/mol. The Hall–Kier alpha value is -1.93. The first-order chi connectivity index (χ1) is 11.6. The van der Waals surface area contributed by atoms with Crippen LogP contribution in [0.4, 0.5) is 9.93 Å². The molecule has 2 aromatic rings. The smallest absolute Gasteiger partial charge is 0.321 e. The van der Waals surface area contributed by atoms with Crippen LogP contribution in [0.15, 0.2) is 18.5 Å². The number of carbonyl (C=O) groups is 1. The maximum Gasteiger partial charge on any atom is 0.321 e. The molecular formula is C16H23N5O2S. The summed E-state index contributed by atoms with van der Waals surface area (Å²) in [6, 6.07) is 1.36. The first kappa shape index (κ1) is 16.9. The molecule has 0 bridgehead atoms. The highest BCUT2D eigenvalue weighted by atomic mass is 32.1. The molecule has 1 aliphatic rings. The molecule has 2 heterocycles. The highest BCUT2D eigenvalue weighted by Gasteiger charge is 2.19. The first-order valence-corrected chi connectivity index (χ1v) is 9.11. The third kappa shape index (κ3) is 4.12. The first-order valence-electron chi connectivity index (χ1n) is 8.30. The Morgan fingerprint density at radius 1 is 1.46 bits per heavy atom. The van der Waals surface area contributed by atoms with Crippen LogP contribution in [-0.4, -0.2) is 32.4 Å². The number of hydrogen-bond acceptors (Lipinski definition) is 5. The van der Waals surface area contributed by atoms with Crippen molar-refractivity contribution in [1.29, 1.82) is 0 Å². The van der Waals surface area contributed by atoms with E-state index in [1.807, 2.05) is 6.20 Å². The number of carbonyl (C=O) groups excluding carboxylic acids is 1. The molecule has 3 N–H and O–H groups in total. The molecule has 130 valence electrons. The van der Waals surface area contributed by atoms with E-state index in [9.17, 15) is 9.90 Å². The Labute approximate surface area is 145 Å². The van der Waals surface area contributed by atoms with Crippen molar-refractivity contribution in [3.05, 3.63) is 29.0 Å². The maximum absolute atomic E-state index is 12.0. The lowest BCUT2D eigenvalue weighted by molar-refractivity contribution is 0.166. The van der Waals surface area contributed by atoms with E-state index in [1.165, 1.54) is 37.0 Å². The fraction of sp³-hybridized carbons (Fsp3) is 0.562. The second-order valence-corrected chi connectivity index (χ2v) is 7.20. The lowest BCUT2D eigenvalue weighted by Crippen LogP contribution is -2.32. The number of nitrogens with one attached hydrogen (secondary N) is 2. The summed E-state index contributed by atoms with van der Waals surface area (Å²) in [4.78, 5) is 17.5. The van der Waals surface area contributed by atoms with Gasteiger partial charge in [0, 0.05) is 24.3 Å². The zero-order valence-electron chi connectivity index (χ0n) is 13.7. The van der Waals surface area contributed by atoms with Crippen molar-refractivity contribution in [2.24, 2.45) is 7.05 Å². The van der Waals surface area contributed by atoms with Gasteiger partial charge in [0.25, 0.3) is 0 Å². The molecule has 1 fully saturated rings. The molecule has 0 saturated heterocycles. The zero-order chi connectivity index (χ0) is 16.9. The van der Waals surface area contributed by atoms with Crippen molar-refractivity contribution in [2.75, 3.05) is 11.9 Å². The average molecular weight is 349 g/mol. The summed E-state index contributed by atoms with van der Waals surface area (Å²) >= 11 is 1.54. The topological polar surface area (TPSA) is 92.1 Å². The lowest BCUT2D eigenvalue weighted by Gasteiger charge is -2.19. The minimum absolute atomic E-state index is 0.117. The molecule has 0 radical (unpaired) electrons. The van der Waals surface area contributed by atoms with Gasteiger partial charge < -0.3 is 10.4 Å². The molecule has 0 aliphatic heterocycles. The van der Waals surface area contributed by atoms with Crippen LogP contribution in [0, 0.1) is 0 Å². The molecule has 2 aromatic heterocycles. The minimum Gasteiger partial charge on any atom is -0.385 e. The summed E-state index contributed by atoms with van der Waals surface area (Å²) in [5, 5.41) is 20.1. The summed E-state index contributed by atoms with van der Waals surface area (Å²) in [5.41, 5.74) is 0.657. The van der Waals surface area contributed by atoms with Gasteiger partial charge >= 0.3 is 6.03 Å². The number of aryl methyl sites for hydroxylation is 1. The van der Waals surface area contributed by atoms with Crippen LogP contribution in [0.1, 0.15) is 54.7 Å². The van der Waals surface area contributed by atoms with Crippen LogP contribution in [0.25, 0.3) is 0 Å². The molecule has 0 spiro atoms. The molecule has 8 heteroatoms. The van der Waals surface area contributed by atoms with E-state index in [4.69, 9.17) is 0 Å². The fourth-order valence-electron chi connectivity index (χ4n) is 3.07. The number of hydrogen-bond donors (Lipinski definition) is 3. The van der Waals surface area contributed by atoms with Crippen molar-refractivity contribution in [3.8, 4) is 0 Å². The van der Waals surface area contributed by atoms with Gasteiger partial charge in [-0.25, -0.2) is 9.78 Å². The van der Waals surface area contributed by atoms with E-state index in [1.54, 1.807) is 35.3 Å². The summed E-state index contributed by atoms with van der Waals surface area (Å²) in [6.07, 6.45) is 8.99. The number of nitrogens with zero attached hydrogens (tertiary/aromatic N) is 3. The molecule has 1 atom stereocenters. The number of aromatic nitrogens is 3. The van der Waals surface area contributed by atoms with Crippen LogP contribution in [0.5, 0.6) is 0 Å². The molecule has 3 rings (SSSR count). The molecule has 7 nitrogen and oxygen atoms in total. The van der Waals surface area contributed by atoms with Gasteiger partial charge in [0.15, 0.2) is 5.13 Å². The Morgan fingerprint density at radius 2 is 2.25 bits per heavy atom. The SMILES string of the molecule is Cn1nccc1[C@@H](O)CNC(=O)Nc1ncc(C2CCCCC2)s1. The summed E-state index contributed by atoms with van der Waals surface area (Å²) < 4.78 is 1.58. The fourth-order valence-corrected chi connectivity index (χ4v) is 4.05. The van der Waals surface area contributed by atoms with E-state index >= 15 is 0 Å². The Balaban J connectivity index is 1.48. The normalized spacial score (nSPS) is 16.8. The van der Waals surface area contributed by atoms with Crippen molar-refractivity contribution >= 4 is 22.5 Å². The van der Waals surface area contributed by atoms with E-state index < -0.39 is 6.10 Å². The Morgan fingerprint density at radius 3 is 2.96 bits per heavy atom. The van der Waals surface area contributed by atoms with Crippen LogP contribution < -0.4 is 10.6 Å². The molecular weight excluding hydrogens is 326 g/mol. The molecule has 2 amide bonds. The third-order valence-corrected chi connectivity index (χ3v) is 5.48. The standard InChI is InChI=1S/C16H23N5O2S/c1-21-12(7-8-19-21)13(22)9-17-15(23)20-16-18-10-14(24-16)11-5-3-2-4-6-11/h7-8,10-11,13,22H,2-6,9H2,1H3,(H2,17,18,20,23)/t13-/m0/s1. The quantitative estimate of drug-likeness (QED) is 0.774. The van der Waals surface area contributed by atoms with Crippen molar-refractivity contribution in [1.82, 2.24) is 20.1 Å². The molecule has 1 aliphatic carbocycles. The number of rotatable bonds is 5. The highest BCUT2D eigenvalue weighted by Crippen LogP contribution is 2.36. The Kier molecular flexibility index (Phi) is 5.47. The van der Waals surface area contributed by atoms with Gasteiger partial charge in [-0.05, 0) is 24.8 Å². The van der Waals surface area contributed by atoms with Gasteiger partial charge in [0.05, 0.1) is 12.2 Å². The van der Waals surface area contributed by atoms with Gasteiger partial charge in [-0.15, -0.1) is 11.3 Å². The largest absolute Gasteiger partial charge is 0.385 e. The summed E-state index contributed by atoms with van der Waals surface area (Å²) in [6.45, 7) is 0.117. The van der Waals surface area contributed by atoms with Gasteiger partial charge in [0.1, 0.15) is 6.10 Å². The molecule has 0 aromatic carbocycles. The lowest BCUT2D eigenvalue weighted by atomic mass is 9.89. The number of thiazole rings is 1. The van der Waals surface area contributed by atoms with Crippen molar-refractivity contribution in [2.45, 2.75) is 44.1 Å². The van der Waals surface area contributed by atoms with Crippen LogP contribution in [0.2, 0.25) is 0 Å². The van der Waals surface area contributed by atoms with Gasteiger partial charge in [-0.3, -0.25) is 10.00 Å². The van der Waals surface area contributed by atoms with Gasteiger partial charge in [-0.2, -0.15) is 5.10 Å². The Bertz CT molecular complexity index is 678. The maximum atomic E-state index is 12.0. The predicted molar refractivity (Wildman–Crippen MR) is 93.1 cm³/mol. The number of aliphatic hydroxyl groups is 1. The predicted octanol–water partition coefficient (Wildman–Crippen LogP) is 2.78. The highest BCUT2D eigenvalue weighted by molar-refractivity contribution is 7.15. The molecule has 0 unspecified atom stereocenters. The summed E-state index contributed by atoms with van der Waals surface area (Å²) in [7, 11) is 1.75. The second kappa shape index (κ2) is 7.76. The number of urea groups is 1. The van der Waals surface area contributed by atoms with Crippen LogP contribution in [0.3, 0.4) is 0 Å². The van der Waals surface area contributed by atoms with Crippen molar-refractivity contribution < 1.29 is 9.90 Å². The van der Waals surface area contributed by atoms with E-state index in [0.29, 0.717) is 16.7 Å². The molecule has 24 heavy (non-hydrogen) atoms. The third-order valence-electron chi connectivity index (χ3n) is 4.41. The number of aliphatic hydroxyl groups excluding tert-OH is 1.